The largest absolute Gasteiger partial charge is 0.478 e. The number of urea groups is 1. The van der Waals surface area contributed by atoms with Crippen molar-refractivity contribution in [2.45, 2.75) is 45.6 Å². The van der Waals surface area contributed by atoms with Gasteiger partial charge in [-0.2, -0.15) is 0 Å². The Hall–Kier alpha value is -2.11. The third-order valence-electron chi connectivity index (χ3n) is 3.09. The number of hydrogen-bond donors (Lipinski definition) is 3. The van der Waals surface area contributed by atoms with Crippen LogP contribution in [0.15, 0.2) is 18.2 Å². The summed E-state index contributed by atoms with van der Waals surface area (Å²) in [6.45, 7) is 3.97. The van der Waals surface area contributed by atoms with E-state index in [0.717, 1.165) is 31.7 Å². The molecule has 0 radical (unpaired) electrons. The predicted molar refractivity (Wildman–Crippen MR) is 79.1 cm³/mol. The van der Waals surface area contributed by atoms with Crippen molar-refractivity contribution in [1.29, 1.82) is 0 Å². The van der Waals surface area contributed by atoms with Crippen LogP contribution in [0.5, 0.6) is 0 Å². The topological polar surface area (TPSA) is 78.4 Å². The number of carboxylic acids is 1. The van der Waals surface area contributed by atoms with Crippen LogP contribution in [0.1, 0.15) is 49.9 Å². The summed E-state index contributed by atoms with van der Waals surface area (Å²) in [4.78, 5) is 22.8. The Labute approximate surface area is 123 Å². The van der Waals surface area contributed by atoms with Crippen molar-refractivity contribution in [3.05, 3.63) is 29.6 Å². The molecule has 0 bridgehead atoms. The summed E-state index contributed by atoms with van der Waals surface area (Å²) in [6.07, 6.45) is 4.05. The van der Waals surface area contributed by atoms with E-state index in [1.54, 1.807) is 0 Å². The van der Waals surface area contributed by atoms with Crippen molar-refractivity contribution < 1.29 is 19.1 Å². The van der Waals surface area contributed by atoms with E-state index in [4.69, 9.17) is 5.11 Å². The number of unbranched alkanes of at least 4 members (excludes halogenated alkanes) is 2. The molecular formula is C15H21FN2O3. The third kappa shape index (κ3) is 5.41. The maximum Gasteiger partial charge on any atom is 0.340 e. The van der Waals surface area contributed by atoms with E-state index in [0.29, 0.717) is 0 Å². The number of aromatic carboxylic acids is 1. The van der Waals surface area contributed by atoms with Crippen LogP contribution in [0.2, 0.25) is 0 Å². The van der Waals surface area contributed by atoms with Gasteiger partial charge in [-0.25, -0.2) is 14.0 Å². The number of carboxylic acid groups (broad SMARTS) is 1. The van der Waals surface area contributed by atoms with E-state index >= 15 is 0 Å². The lowest BCUT2D eigenvalue weighted by molar-refractivity contribution is 0.0693. The van der Waals surface area contributed by atoms with E-state index in [9.17, 15) is 14.0 Å². The maximum absolute atomic E-state index is 13.5. The summed E-state index contributed by atoms with van der Waals surface area (Å²) in [6, 6.07) is 3.18. The highest BCUT2D eigenvalue weighted by molar-refractivity contribution is 6.00. The standard InChI is InChI=1S/C15H21FN2O3/c1-3-4-5-7-10(2)17-15(21)18-12-9-6-8-11(16)13(12)14(19)20/h6,8-10H,3-5,7H2,1-2H3,(H,19,20)(H2,17,18,21). The molecule has 116 valence electrons. The van der Waals surface area contributed by atoms with E-state index in [1.807, 2.05) is 6.92 Å². The molecule has 0 saturated heterocycles. The van der Waals surface area contributed by atoms with Gasteiger partial charge in [0.15, 0.2) is 0 Å². The van der Waals surface area contributed by atoms with Crippen LogP contribution in [0.4, 0.5) is 14.9 Å². The first kappa shape index (κ1) is 16.9. The highest BCUT2D eigenvalue weighted by Crippen LogP contribution is 2.18. The van der Waals surface area contributed by atoms with Crippen LogP contribution in [-0.4, -0.2) is 23.1 Å². The molecule has 3 N–H and O–H groups in total. The van der Waals surface area contributed by atoms with Gasteiger partial charge >= 0.3 is 12.0 Å². The van der Waals surface area contributed by atoms with Crippen LogP contribution in [0.25, 0.3) is 0 Å². The monoisotopic (exact) mass is 296 g/mol. The van der Waals surface area contributed by atoms with Crippen molar-refractivity contribution in [2.75, 3.05) is 5.32 Å². The molecular weight excluding hydrogens is 275 g/mol. The Morgan fingerprint density at radius 3 is 2.67 bits per heavy atom. The second-order valence-corrected chi connectivity index (χ2v) is 4.96. The van der Waals surface area contributed by atoms with Crippen LogP contribution in [0.3, 0.4) is 0 Å². The first-order valence-corrected chi connectivity index (χ1v) is 7.05. The van der Waals surface area contributed by atoms with Gasteiger partial charge < -0.3 is 15.7 Å². The minimum absolute atomic E-state index is 0.0293. The fourth-order valence-corrected chi connectivity index (χ4v) is 2.00. The number of anilines is 1. The Morgan fingerprint density at radius 1 is 1.33 bits per heavy atom. The molecule has 0 spiro atoms. The molecule has 1 aromatic rings. The fourth-order valence-electron chi connectivity index (χ4n) is 2.00. The lowest BCUT2D eigenvalue weighted by Gasteiger charge is -2.15. The first-order chi connectivity index (χ1) is 9.95. The Kier molecular flexibility index (Phi) is 6.65. The maximum atomic E-state index is 13.5. The summed E-state index contributed by atoms with van der Waals surface area (Å²) >= 11 is 0. The normalized spacial score (nSPS) is 11.8. The Balaban J connectivity index is 2.63. The van der Waals surface area contributed by atoms with Gasteiger partial charge in [-0.05, 0) is 25.5 Å². The molecule has 1 unspecified atom stereocenters. The predicted octanol–water partition coefficient (Wildman–Crippen LogP) is 3.61. The number of rotatable bonds is 7. The second kappa shape index (κ2) is 8.24. The van der Waals surface area contributed by atoms with Gasteiger partial charge in [0.1, 0.15) is 11.4 Å². The average Bonchev–Trinajstić information content (AvgIpc) is 2.38. The van der Waals surface area contributed by atoms with Crippen molar-refractivity contribution in [3.63, 3.8) is 0 Å². The minimum atomic E-state index is -1.42. The Bertz CT molecular complexity index is 506. The molecule has 1 rings (SSSR count). The van der Waals surface area contributed by atoms with Gasteiger partial charge in [-0.15, -0.1) is 0 Å². The second-order valence-electron chi connectivity index (χ2n) is 4.96. The van der Waals surface area contributed by atoms with Crippen LogP contribution >= 0.6 is 0 Å². The SMILES string of the molecule is CCCCCC(C)NC(=O)Nc1cccc(F)c1C(=O)O. The number of benzene rings is 1. The summed E-state index contributed by atoms with van der Waals surface area (Å²) in [7, 11) is 0. The molecule has 0 aliphatic rings. The van der Waals surface area contributed by atoms with Gasteiger partial charge in [-0.1, -0.05) is 32.3 Å². The molecule has 6 heteroatoms. The quantitative estimate of drug-likeness (QED) is 0.672. The van der Waals surface area contributed by atoms with Gasteiger partial charge in [0.05, 0.1) is 5.69 Å². The number of nitrogens with one attached hydrogen (secondary N) is 2. The van der Waals surface area contributed by atoms with Crippen molar-refractivity contribution in [3.8, 4) is 0 Å². The van der Waals surface area contributed by atoms with E-state index in [2.05, 4.69) is 17.6 Å². The number of amides is 2. The Morgan fingerprint density at radius 2 is 2.05 bits per heavy atom. The third-order valence-corrected chi connectivity index (χ3v) is 3.09. The zero-order valence-electron chi connectivity index (χ0n) is 12.3. The van der Waals surface area contributed by atoms with Gasteiger partial charge in [0.2, 0.25) is 0 Å². The lowest BCUT2D eigenvalue weighted by Crippen LogP contribution is -2.36. The molecule has 1 atom stereocenters. The minimum Gasteiger partial charge on any atom is -0.478 e. The number of carbonyl (C=O) groups excluding carboxylic acids is 1. The van der Waals surface area contributed by atoms with Crippen LogP contribution in [-0.2, 0) is 0 Å². The molecule has 2 amide bonds. The highest BCUT2D eigenvalue weighted by Gasteiger charge is 2.17. The molecule has 0 saturated carbocycles. The zero-order valence-corrected chi connectivity index (χ0v) is 12.3. The molecule has 0 aliphatic carbocycles. The molecule has 21 heavy (non-hydrogen) atoms. The van der Waals surface area contributed by atoms with Crippen molar-refractivity contribution >= 4 is 17.7 Å². The zero-order chi connectivity index (χ0) is 15.8. The summed E-state index contributed by atoms with van der Waals surface area (Å²) in [5, 5.41) is 14.1. The number of halogens is 1. The van der Waals surface area contributed by atoms with E-state index in [1.165, 1.54) is 12.1 Å². The molecule has 0 aliphatic heterocycles. The van der Waals surface area contributed by atoms with Crippen molar-refractivity contribution in [1.82, 2.24) is 5.32 Å². The van der Waals surface area contributed by atoms with Gasteiger partial charge in [0.25, 0.3) is 0 Å². The smallest absolute Gasteiger partial charge is 0.340 e. The van der Waals surface area contributed by atoms with Gasteiger partial charge in [-0.3, -0.25) is 0 Å². The van der Waals surface area contributed by atoms with Crippen molar-refractivity contribution in [2.24, 2.45) is 0 Å². The molecule has 1 aromatic carbocycles. The molecule has 5 nitrogen and oxygen atoms in total. The van der Waals surface area contributed by atoms with E-state index in [-0.39, 0.29) is 11.7 Å². The van der Waals surface area contributed by atoms with Crippen LogP contribution < -0.4 is 10.6 Å². The van der Waals surface area contributed by atoms with E-state index < -0.39 is 23.4 Å². The van der Waals surface area contributed by atoms with Crippen LogP contribution in [0, 0.1) is 5.82 Å². The lowest BCUT2D eigenvalue weighted by atomic mass is 10.1. The summed E-state index contributed by atoms with van der Waals surface area (Å²) in [5.41, 5.74) is -0.591. The number of hydrogen-bond acceptors (Lipinski definition) is 2. The first-order valence-electron chi connectivity index (χ1n) is 7.05. The molecule has 0 aromatic heterocycles. The molecule has 0 heterocycles. The fraction of sp³-hybridized carbons (Fsp3) is 0.467. The molecule has 0 fully saturated rings. The number of carbonyl (C=O) groups is 2. The highest BCUT2D eigenvalue weighted by atomic mass is 19.1. The average molecular weight is 296 g/mol. The van der Waals surface area contributed by atoms with Gasteiger partial charge in [0, 0.05) is 6.04 Å². The summed E-state index contributed by atoms with van der Waals surface area (Å²) in [5.74, 6) is -2.30. The summed E-state index contributed by atoms with van der Waals surface area (Å²) < 4.78 is 13.5.